The van der Waals surface area contributed by atoms with Crippen LogP contribution in [0.4, 0.5) is 0 Å². The first-order valence-corrected chi connectivity index (χ1v) is 8.45. The first kappa shape index (κ1) is 12.1. The van der Waals surface area contributed by atoms with Crippen LogP contribution < -0.4 is 0 Å². The van der Waals surface area contributed by atoms with Crippen molar-refractivity contribution in [3.8, 4) is 0 Å². The van der Waals surface area contributed by atoms with Crippen molar-refractivity contribution in [2.24, 2.45) is 23.7 Å². The molecule has 0 aromatic heterocycles. The predicted molar refractivity (Wildman–Crippen MR) is 74.0 cm³/mol. The van der Waals surface area contributed by atoms with E-state index in [2.05, 4.69) is 0 Å². The van der Waals surface area contributed by atoms with Gasteiger partial charge >= 0.3 is 0 Å². The van der Waals surface area contributed by atoms with E-state index in [1.54, 1.807) is 77.0 Å². The first-order chi connectivity index (χ1) is 8.45. The van der Waals surface area contributed by atoms with Gasteiger partial charge in [-0.15, -0.1) is 0 Å². The fourth-order valence-electron chi connectivity index (χ4n) is 5.36. The van der Waals surface area contributed by atoms with E-state index in [0.717, 1.165) is 23.7 Å². The molecular weight excluding hydrogens is 204 g/mol. The van der Waals surface area contributed by atoms with Crippen molar-refractivity contribution in [2.45, 2.75) is 83.5 Å². The van der Waals surface area contributed by atoms with Gasteiger partial charge in [0.1, 0.15) is 0 Å². The maximum Gasteiger partial charge on any atom is -0.0329 e. The van der Waals surface area contributed by atoms with E-state index < -0.39 is 0 Å². The van der Waals surface area contributed by atoms with Crippen LogP contribution in [0.5, 0.6) is 0 Å². The third kappa shape index (κ3) is 2.71. The zero-order valence-electron chi connectivity index (χ0n) is 11.5. The SMILES string of the molecule is C1CCC(C(C2CCCC2)C2CCCC2)CC1. The van der Waals surface area contributed by atoms with Gasteiger partial charge in [-0.25, -0.2) is 0 Å². The maximum absolute atomic E-state index is 1.58. The molecule has 3 aliphatic rings. The van der Waals surface area contributed by atoms with Crippen molar-refractivity contribution in [1.82, 2.24) is 0 Å². The summed E-state index contributed by atoms with van der Waals surface area (Å²) in [6, 6.07) is 0. The van der Waals surface area contributed by atoms with Crippen LogP contribution in [0.1, 0.15) is 83.5 Å². The zero-order chi connectivity index (χ0) is 11.5. The quantitative estimate of drug-likeness (QED) is 0.599. The molecule has 0 spiro atoms. The van der Waals surface area contributed by atoms with Gasteiger partial charge in [0, 0.05) is 0 Å². The number of hydrogen-bond donors (Lipinski definition) is 0. The van der Waals surface area contributed by atoms with Crippen LogP contribution in [0.25, 0.3) is 0 Å². The highest BCUT2D eigenvalue weighted by Gasteiger charge is 2.38. The summed E-state index contributed by atoms with van der Waals surface area (Å²) >= 11 is 0. The summed E-state index contributed by atoms with van der Waals surface area (Å²) in [5.74, 6) is 4.57. The standard InChI is InChI=1S/C17H30/c1-2-8-14(9-3-1)17(15-10-4-5-11-15)16-12-6-7-13-16/h14-17H,1-13H2. The molecule has 0 N–H and O–H groups in total. The van der Waals surface area contributed by atoms with Crippen LogP contribution in [0.15, 0.2) is 0 Å². The van der Waals surface area contributed by atoms with Gasteiger partial charge in [0.2, 0.25) is 0 Å². The molecule has 0 heterocycles. The van der Waals surface area contributed by atoms with Crippen LogP contribution in [0.3, 0.4) is 0 Å². The fourth-order valence-corrected chi connectivity index (χ4v) is 5.36. The van der Waals surface area contributed by atoms with E-state index in [1.807, 2.05) is 0 Å². The molecule has 0 nitrogen and oxygen atoms in total. The van der Waals surface area contributed by atoms with Gasteiger partial charge in [-0.05, 0) is 23.7 Å². The molecule has 3 aliphatic carbocycles. The Morgan fingerprint density at radius 3 is 1.06 bits per heavy atom. The topological polar surface area (TPSA) is 0 Å². The van der Waals surface area contributed by atoms with E-state index in [0.29, 0.717) is 0 Å². The second kappa shape index (κ2) is 5.76. The molecule has 0 aromatic carbocycles. The molecular formula is C17H30. The van der Waals surface area contributed by atoms with E-state index in [4.69, 9.17) is 0 Å². The van der Waals surface area contributed by atoms with E-state index in [1.165, 1.54) is 6.42 Å². The summed E-state index contributed by atoms with van der Waals surface area (Å²) in [6.45, 7) is 0. The molecule has 3 fully saturated rings. The number of rotatable bonds is 3. The van der Waals surface area contributed by atoms with E-state index >= 15 is 0 Å². The third-order valence-corrected chi connectivity index (χ3v) is 6.08. The first-order valence-electron chi connectivity index (χ1n) is 8.45. The van der Waals surface area contributed by atoms with Crippen molar-refractivity contribution >= 4 is 0 Å². The lowest BCUT2D eigenvalue weighted by Gasteiger charge is -2.38. The monoisotopic (exact) mass is 234 g/mol. The Kier molecular flexibility index (Phi) is 4.08. The Morgan fingerprint density at radius 2 is 0.706 bits per heavy atom. The Bertz CT molecular complexity index is 198. The molecule has 0 amide bonds. The Hall–Kier alpha value is 0. The molecule has 0 unspecified atom stereocenters. The number of hydrogen-bond acceptors (Lipinski definition) is 0. The van der Waals surface area contributed by atoms with Crippen LogP contribution >= 0.6 is 0 Å². The molecule has 98 valence electrons. The lowest BCUT2D eigenvalue weighted by Crippen LogP contribution is -2.30. The lowest BCUT2D eigenvalue weighted by molar-refractivity contribution is 0.115. The second-order valence-electron chi connectivity index (χ2n) is 7.06. The maximum atomic E-state index is 1.58. The predicted octanol–water partition coefficient (Wildman–Crippen LogP) is 5.56. The fraction of sp³-hybridized carbons (Fsp3) is 1.00. The molecule has 0 aromatic rings. The highest BCUT2D eigenvalue weighted by atomic mass is 14.4. The van der Waals surface area contributed by atoms with Gasteiger partial charge in [-0.2, -0.15) is 0 Å². The molecule has 3 rings (SSSR count). The van der Waals surface area contributed by atoms with Crippen LogP contribution in [-0.2, 0) is 0 Å². The smallest absolute Gasteiger partial charge is 0.0329 e. The van der Waals surface area contributed by atoms with Gasteiger partial charge in [0.05, 0.1) is 0 Å². The van der Waals surface area contributed by atoms with Crippen molar-refractivity contribution in [3.05, 3.63) is 0 Å². The van der Waals surface area contributed by atoms with Crippen molar-refractivity contribution in [2.75, 3.05) is 0 Å². The molecule has 17 heavy (non-hydrogen) atoms. The van der Waals surface area contributed by atoms with Gasteiger partial charge in [0.15, 0.2) is 0 Å². The van der Waals surface area contributed by atoms with Gasteiger partial charge < -0.3 is 0 Å². The van der Waals surface area contributed by atoms with Gasteiger partial charge in [0.25, 0.3) is 0 Å². The summed E-state index contributed by atoms with van der Waals surface area (Å²) in [7, 11) is 0. The highest BCUT2D eigenvalue weighted by molar-refractivity contribution is 4.88. The summed E-state index contributed by atoms with van der Waals surface area (Å²) in [5.41, 5.74) is 0. The van der Waals surface area contributed by atoms with Gasteiger partial charge in [-0.1, -0.05) is 83.5 Å². The van der Waals surface area contributed by atoms with E-state index in [9.17, 15) is 0 Å². The zero-order valence-corrected chi connectivity index (χ0v) is 11.5. The lowest BCUT2D eigenvalue weighted by atomic mass is 9.67. The Labute approximate surface area is 108 Å². The third-order valence-electron chi connectivity index (χ3n) is 6.08. The Balaban J connectivity index is 1.69. The average Bonchev–Trinajstić information content (AvgIpc) is 3.04. The van der Waals surface area contributed by atoms with Crippen LogP contribution in [-0.4, -0.2) is 0 Å². The largest absolute Gasteiger partial charge is 0.0533 e. The minimum absolute atomic E-state index is 1.13. The Morgan fingerprint density at radius 1 is 0.412 bits per heavy atom. The molecule has 0 aliphatic heterocycles. The van der Waals surface area contributed by atoms with Crippen LogP contribution in [0.2, 0.25) is 0 Å². The average molecular weight is 234 g/mol. The summed E-state index contributed by atoms with van der Waals surface area (Å²) in [6.07, 6.45) is 20.3. The molecule has 0 atom stereocenters. The summed E-state index contributed by atoms with van der Waals surface area (Å²) in [5, 5.41) is 0. The highest BCUT2D eigenvalue weighted by Crippen LogP contribution is 2.48. The normalized spacial score (nSPS) is 29.5. The minimum Gasteiger partial charge on any atom is -0.0533 e. The molecule has 0 bridgehead atoms. The van der Waals surface area contributed by atoms with Crippen molar-refractivity contribution < 1.29 is 0 Å². The second-order valence-corrected chi connectivity index (χ2v) is 7.06. The molecule has 3 saturated carbocycles. The van der Waals surface area contributed by atoms with Crippen LogP contribution in [0, 0.1) is 23.7 Å². The van der Waals surface area contributed by atoms with Crippen molar-refractivity contribution in [1.29, 1.82) is 0 Å². The summed E-state index contributed by atoms with van der Waals surface area (Å²) in [4.78, 5) is 0. The van der Waals surface area contributed by atoms with Gasteiger partial charge in [-0.3, -0.25) is 0 Å². The summed E-state index contributed by atoms with van der Waals surface area (Å²) < 4.78 is 0. The molecule has 0 radical (unpaired) electrons. The minimum atomic E-state index is 1.13. The van der Waals surface area contributed by atoms with E-state index in [-0.39, 0.29) is 0 Å². The molecule has 0 heteroatoms. The van der Waals surface area contributed by atoms with Crippen molar-refractivity contribution in [3.63, 3.8) is 0 Å². The molecule has 0 saturated heterocycles.